The Hall–Kier alpha value is -1.51. The van der Waals surface area contributed by atoms with Crippen molar-refractivity contribution in [3.05, 3.63) is 29.8 Å². The van der Waals surface area contributed by atoms with Gasteiger partial charge in [-0.05, 0) is 24.1 Å². The number of aliphatic carboxylic acids is 1. The molecule has 3 nitrogen and oxygen atoms in total. The molecule has 0 unspecified atom stereocenters. The Morgan fingerprint density at radius 3 is 2.38 bits per heavy atom. The lowest BCUT2D eigenvalue weighted by molar-refractivity contribution is -0.141. The number of rotatable bonds is 3. The topological polar surface area (TPSA) is 57.5 Å². The highest BCUT2D eigenvalue weighted by Crippen LogP contribution is 2.13. The van der Waals surface area contributed by atoms with Gasteiger partial charge in [-0.3, -0.25) is 4.79 Å². The molecule has 1 atom stereocenters. The SMILES string of the molecule is C[C@@H](Cc1ccc(O)cc1)C(=O)O. The predicted molar refractivity (Wildman–Crippen MR) is 48.6 cm³/mol. The quantitative estimate of drug-likeness (QED) is 0.743. The van der Waals surface area contributed by atoms with Gasteiger partial charge in [0.15, 0.2) is 0 Å². The molecule has 0 radical (unpaired) electrons. The lowest BCUT2D eigenvalue weighted by Crippen LogP contribution is -2.11. The van der Waals surface area contributed by atoms with Crippen LogP contribution in [0.1, 0.15) is 12.5 Å². The van der Waals surface area contributed by atoms with Crippen molar-refractivity contribution in [1.82, 2.24) is 0 Å². The molecule has 0 saturated heterocycles. The number of hydrogen-bond acceptors (Lipinski definition) is 2. The van der Waals surface area contributed by atoms with Gasteiger partial charge in [0.2, 0.25) is 0 Å². The minimum absolute atomic E-state index is 0.201. The molecule has 2 N–H and O–H groups in total. The van der Waals surface area contributed by atoms with Crippen molar-refractivity contribution < 1.29 is 15.0 Å². The lowest BCUT2D eigenvalue weighted by atomic mass is 10.0. The highest BCUT2D eigenvalue weighted by molar-refractivity contribution is 5.69. The van der Waals surface area contributed by atoms with Gasteiger partial charge in [0.1, 0.15) is 5.75 Å². The van der Waals surface area contributed by atoms with Crippen LogP contribution in [0.3, 0.4) is 0 Å². The zero-order valence-electron chi connectivity index (χ0n) is 7.40. The van der Waals surface area contributed by atoms with E-state index in [1.165, 1.54) is 0 Å². The van der Waals surface area contributed by atoms with E-state index in [0.717, 1.165) is 5.56 Å². The van der Waals surface area contributed by atoms with Gasteiger partial charge >= 0.3 is 5.97 Å². The van der Waals surface area contributed by atoms with Crippen LogP contribution in [-0.4, -0.2) is 16.2 Å². The summed E-state index contributed by atoms with van der Waals surface area (Å²) in [6.45, 7) is 1.66. The van der Waals surface area contributed by atoms with Gasteiger partial charge in [-0.1, -0.05) is 19.1 Å². The second-order valence-electron chi connectivity index (χ2n) is 3.11. The molecule has 0 spiro atoms. The molecule has 1 rings (SSSR count). The Bertz CT molecular complexity index is 290. The molecule has 13 heavy (non-hydrogen) atoms. The van der Waals surface area contributed by atoms with Gasteiger partial charge in [-0.2, -0.15) is 0 Å². The van der Waals surface area contributed by atoms with E-state index in [-0.39, 0.29) is 11.7 Å². The van der Waals surface area contributed by atoms with E-state index < -0.39 is 5.97 Å². The van der Waals surface area contributed by atoms with Crippen molar-refractivity contribution >= 4 is 5.97 Å². The third-order valence-electron chi connectivity index (χ3n) is 1.90. The number of hydrogen-bond donors (Lipinski definition) is 2. The molecular weight excluding hydrogens is 168 g/mol. The van der Waals surface area contributed by atoms with E-state index in [1.807, 2.05) is 0 Å². The summed E-state index contributed by atoms with van der Waals surface area (Å²) in [6, 6.07) is 6.58. The number of phenolic OH excluding ortho intramolecular Hbond substituents is 1. The molecular formula is C10H12O3. The summed E-state index contributed by atoms with van der Waals surface area (Å²) in [5.74, 6) is -0.982. The van der Waals surface area contributed by atoms with Crippen LogP contribution in [0.5, 0.6) is 5.75 Å². The number of carbonyl (C=O) groups is 1. The second kappa shape index (κ2) is 3.94. The van der Waals surface area contributed by atoms with Crippen LogP contribution in [0, 0.1) is 5.92 Å². The van der Waals surface area contributed by atoms with Crippen molar-refractivity contribution in [2.75, 3.05) is 0 Å². The molecule has 1 aromatic carbocycles. The number of benzene rings is 1. The zero-order valence-corrected chi connectivity index (χ0v) is 7.40. The van der Waals surface area contributed by atoms with Crippen LogP contribution in [-0.2, 0) is 11.2 Å². The van der Waals surface area contributed by atoms with E-state index in [2.05, 4.69) is 0 Å². The van der Waals surface area contributed by atoms with Crippen LogP contribution >= 0.6 is 0 Å². The van der Waals surface area contributed by atoms with E-state index in [1.54, 1.807) is 31.2 Å². The fourth-order valence-corrected chi connectivity index (χ4v) is 1.07. The van der Waals surface area contributed by atoms with E-state index >= 15 is 0 Å². The van der Waals surface area contributed by atoms with Crippen LogP contribution < -0.4 is 0 Å². The van der Waals surface area contributed by atoms with Gasteiger partial charge < -0.3 is 10.2 Å². The fraction of sp³-hybridized carbons (Fsp3) is 0.300. The van der Waals surface area contributed by atoms with E-state index in [0.29, 0.717) is 6.42 Å². The number of phenols is 1. The Balaban J connectivity index is 2.64. The normalized spacial score (nSPS) is 12.4. The average molecular weight is 180 g/mol. The molecule has 0 aliphatic rings. The number of aromatic hydroxyl groups is 1. The minimum Gasteiger partial charge on any atom is -0.508 e. The van der Waals surface area contributed by atoms with Crippen molar-refractivity contribution in [3.8, 4) is 5.75 Å². The lowest BCUT2D eigenvalue weighted by Gasteiger charge is -2.05. The molecule has 0 bridgehead atoms. The molecule has 0 aliphatic carbocycles. The highest BCUT2D eigenvalue weighted by Gasteiger charge is 2.10. The Morgan fingerprint density at radius 2 is 1.92 bits per heavy atom. The largest absolute Gasteiger partial charge is 0.508 e. The monoisotopic (exact) mass is 180 g/mol. The fourth-order valence-electron chi connectivity index (χ4n) is 1.07. The predicted octanol–water partition coefficient (Wildman–Crippen LogP) is 1.66. The van der Waals surface area contributed by atoms with Gasteiger partial charge in [0.25, 0.3) is 0 Å². The summed E-state index contributed by atoms with van der Waals surface area (Å²) in [4.78, 5) is 10.5. The van der Waals surface area contributed by atoms with Crippen molar-refractivity contribution in [3.63, 3.8) is 0 Å². The van der Waals surface area contributed by atoms with Gasteiger partial charge in [0.05, 0.1) is 5.92 Å². The van der Waals surface area contributed by atoms with Gasteiger partial charge in [0, 0.05) is 0 Å². The Labute approximate surface area is 76.6 Å². The summed E-state index contributed by atoms with van der Waals surface area (Å²) in [5.41, 5.74) is 0.924. The summed E-state index contributed by atoms with van der Waals surface area (Å²) in [5, 5.41) is 17.6. The van der Waals surface area contributed by atoms with Gasteiger partial charge in [-0.15, -0.1) is 0 Å². The third kappa shape index (κ3) is 2.78. The van der Waals surface area contributed by atoms with Crippen molar-refractivity contribution in [1.29, 1.82) is 0 Å². The van der Waals surface area contributed by atoms with Gasteiger partial charge in [-0.25, -0.2) is 0 Å². The standard InChI is InChI=1S/C10H12O3/c1-7(10(12)13)6-8-2-4-9(11)5-3-8/h2-5,7,11H,6H2,1H3,(H,12,13)/t7-/m0/s1. The number of carboxylic acid groups (broad SMARTS) is 1. The maximum absolute atomic E-state index is 10.5. The first-order chi connectivity index (χ1) is 6.09. The summed E-state index contributed by atoms with van der Waals surface area (Å²) in [6.07, 6.45) is 0.496. The Kier molecular flexibility index (Phi) is 2.90. The summed E-state index contributed by atoms with van der Waals surface area (Å²) < 4.78 is 0. The minimum atomic E-state index is -0.798. The van der Waals surface area contributed by atoms with Crippen molar-refractivity contribution in [2.24, 2.45) is 5.92 Å². The highest BCUT2D eigenvalue weighted by atomic mass is 16.4. The first kappa shape index (κ1) is 9.58. The van der Waals surface area contributed by atoms with Crippen molar-refractivity contribution in [2.45, 2.75) is 13.3 Å². The molecule has 0 aliphatic heterocycles. The maximum atomic E-state index is 10.5. The molecule has 0 fully saturated rings. The average Bonchev–Trinajstić information content (AvgIpc) is 2.08. The van der Waals surface area contributed by atoms with Crippen LogP contribution in [0.15, 0.2) is 24.3 Å². The first-order valence-electron chi connectivity index (χ1n) is 4.10. The molecule has 0 saturated carbocycles. The van der Waals surface area contributed by atoms with Crippen LogP contribution in [0.4, 0.5) is 0 Å². The van der Waals surface area contributed by atoms with Crippen LogP contribution in [0.2, 0.25) is 0 Å². The molecule has 1 aromatic rings. The molecule has 0 heterocycles. The molecule has 0 amide bonds. The van der Waals surface area contributed by atoms with Crippen LogP contribution in [0.25, 0.3) is 0 Å². The molecule has 0 aromatic heterocycles. The van der Waals surface area contributed by atoms with E-state index in [9.17, 15) is 4.79 Å². The molecule has 3 heteroatoms. The maximum Gasteiger partial charge on any atom is 0.306 e. The molecule has 70 valence electrons. The number of carboxylic acids is 1. The Morgan fingerprint density at radius 1 is 1.38 bits per heavy atom. The first-order valence-corrected chi connectivity index (χ1v) is 4.10. The summed E-state index contributed by atoms with van der Waals surface area (Å²) in [7, 11) is 0. The summed E-state index contributed by atoms with van der Waals surface area (Å²) >= 11 is 0. The third-order valence-corrected chi connectivity index (χ3v) is 1.90. The second-order valence-corrected chi connectivity index (χ2v) is 3.11. The zero-order chi connectivity index (χ0) is 9.84. The smallest absolute Gasteiger partial charge is 0.306 e. The van der Waals surface area contributed by atoms with E-state index in [4.69, 9.17) is 10.2 Å².